The van der Waals surface area contributed by atoms with Gasteiger partial charge in [-0.2, -0.15) is 0 Å². The summed E-state index contributed by atoms with van der Waals surface area (Å²) >= 11 is 2.21. The van der Waals surface area contributed by atoms with Gasteiger partial charge in [0.15, 0.2) is 0 Å². The number of benzene rings is 6. The Morgan fingerprint density at radius 1 is 0.613 bits per heavy atom. The van der Waals surface area contributed by atoms with E-state index in [0.717, 1.165) is 24.0 Å². The summed E-state index contributed by atoms with van der Waals surface area (Å²) < 4.78 is 9.99. The zero-order valence-corrected chi connectivity index (χ0v) is 37.9. The zero-order valence-electron chi connectivity index (χ0n) is 35.8. The number of nitrogens with one attached hydrogen (secondary N) is 1. The average Bonchev–Trinajstić information content (AvgIpc) is 4.11. The normalized spacial score (nSPS) is 19.0. The second-order valence-electron chi connectivity index (χ2n) is 18.5. The molecule has 1 aliphatic heterocycles. The maximum Gasteiger partial charge on any atom is 0.115 e. The molecule has 5 nitrogen and oxygen atoms in total. The molecule has 1 fully saturated rings. The predicted octanol–water partition coefficient (Wildman–Crippen LogP) is 12.9. The highest BCUT2D eigenvalue weighted by molar-refractivity contribution is 14.1. The fourth-order valence-electron chi connectivity index (χ4n) is 11.5. The first kappa shape index (κ1) is 39.2. The highest BCUT2D eigenvalue weighted by Gasteiger charge is 2.49. The molecule has 1 saturated heterocycles. The fraction of sp³-hybridized carbons (Fsp3) is 0.232. The van der Waals surface area contributed by atoms with E-state index in [1.165, 1.54) is 89.0 Å². The SMILES string of the molecule is CN=C/C(=C\NI)c1cc2c(cc1CC1c3ccccc3C(C)(C)c3ccccc31)-c1cc(CC3c4ccccc4C(C)(C)c4ccccc43)c(-c3cncnc3)cc1C1OC21. The molecule has 6 heteroatoms. The number of hydrogen-bond donors (Lipinski definition) is 1. The molecule has 1 aromatic heterocycles. The molecule has 306 valence electrons. The van der Waals surface area contributed by atoms with E-state index in [1.54, 1.807) is 6.33 Å². The van der Waals surface area contributed by atoms with E-state index in [1.807, 2.05) is 25.7 Å². The number of rotatable bonds is 8. The second kappa shape index (κ2) is 15.0. The molecule has 2 heterocycles. The minimum absolute atomic E-state index is 0.0140. The maximum atomic E-state index is 6.69. The molecule has 6 aromatic carbocycles. The number of nitrogens with zero attached hydrogens (tertiary/aromatic N) is 3. The largest absolute Gasteiger partial charge is 0.359 e. The quantitative estimate of drug-likeness (QED) is 0.0714. The summed E-state index contributed by atoms with van der Waals surface area (Å²) in [5, 5.41) is 0. The summed E-state index contributed by atoms with van der Waals surface area (Å²) in [5.41, 5.74) is 23.0. The number of epoxide rings is 1. The van der Waals surface area contributed by atoms with Crippen molar-refractivity contribution in [1.29, 1.82) is 0 Å². The number of aliphatic imine (C=N–C) groups is 1. The van der Waals surface area contributed by atoms with Gasteiger partial charge in [0.05, 0.1) is 22.9 Å². The maximum absolute atomic E-state index is 6.69. The molecule has 0 saturated carbocycles. The molecule has 2 atom stereocenters. The second-order valence-corrected chi connectivity index (χ2v) is 19.1. The summed E-state index contributed by atoms with van der Waals surface area (Å²) in [6.07, 6.45) is 11.2. The number of hydrogen-bond acceptors (Lipinski definition) is 5. The molecule has 0 spiro atoms. The van der Waals surface area contributed by atoms with Gasteiger partial charge in [0.1, 0.15) is 18.5 Å². The molecule has 11 rings (SSSR count). The van der Waals surface area contributed by atoms with Gasteiger partial charge >= 0.3 is 0 Å². The Balaban J connectivity index is 1.12. The number of halogens is 1. The molecular weight excluding hydrogens is 872 g/mol. The molecule has 1 N–H and O–H groups in total. The van der Waals surface area contributed by atoms with Crippen molar-refractivity contribution in [2.75, 3.05) is 7.05 Å². The molecule has 3 aliphatic carbocycles. The van der Waals surface area contributed by atoms with Gasteiger partial charge < -0.3 is 8.27 Å². The molecule has 62 heavy (non-hydrogen) atoms. The van der Waals surface area contributed by atoms with Gasteiger partial charge in [-0.15, -0.1) is 0 Å². The fourth-order valence-corrected chi connectivity index (χ4v) is 11.9. The molecule has 0 amide bonds. The zero-order chi connectivity index (χ0) is 42.3. The smallest absolute Gasteiger partial charge is 0.115 e. The summed E-state index contributed by atoms with van der Waals surface area (Å²) in [6, 6.07) is 46.2. The van der Waals surface area contributed by atoms with E-state index >= 15 is 0 Å². The lowest BCUT2D eigenvalue weighted by atomic mass is 9.64. The minimum Gasteiger partial charge on any atom is -0.359 e. The van der Waals surface area contributed by atoms with Crippen LogP contribution in [-0.4, -0.2) is 23.2 Å². The van der Waals surface area contributed by atoms with Crippen LogP contribution >= 0.6 is 22.9 Å². The third kappa shape index (κ3) is 6.16. The lowest BCUT2D eigenvalue weighted by molar-refractivity contribution is 0.380. The van der Waals surface area contributed by atoms with Gasteiger partial charge in [-0.3, -0.25) is 4.99 Å². The van der Waals surface area contributed by atoms with Crippen LogP contribution in [0.15, 0.2) is 151 Å². The average molecular weight is 921 g/mol. The van der Waals surface area contributed by atoms with E-state index in [2.05, 4.69) is 197 Å². The van der Waals surface area contributed by atoms with Crippen LogP contribution in [0.1, 0.15) is 124 Å². The Bertz CT molecular complexity index is 2890. The summed E-state index contributed by atoms with van der Waals surface area (Å²) in [4.78, 5) is 13.6. The van der Waals surface area contributed by atoms with Crippen molar-refractivity contribution in [3.8, 4) is 22.3 Å². The highest BCUT2D eigenvalue weighted by Crippen LogP contribution is 2.61. The van der Waals surface area contributed by atoms with Crippen LogP contribution in [0.2, 0.25) is 0 Å². The van der Waals surface area contributed by atoms with Crippen molar-refractivity contribution in [2.45, 2.75) is 75.4 Å². The third-order valence-electron chi connectivity index (χ3n) is 14.5. The van der Waals surface area contributed by atoms with Crippen LogP contribution in [0.25, 0.3) is 27.8 Å². The van der Waals surface area contributed by atoms with E-state index in [9.17, 15) is 0 Å². The van der Waals surface area contributed by atoms with Crippen LogP contribution < -0.4 is 3.53 Å². The summed E-state index contributed by atoms with van der Waals surface area (Å²) in [6.45, 7) is 9.49. The Hall–Kier alpha value is -5.70. The first-order valence-electron chi connectivity index (χ1n) is 21.8. The van der Waals surface area contributed by atoms with E-state index < -0.39 is 0 Å². The minimum atomic E-state index is -0.0995. The van der Waals surface area contributed by atoms with Crippen LogP contribution in [0.3, 0.4) is 0 Å². The van der Waals surface area contributed by atoms with Crippen LogP contribution in [0.4, 0.5) is 0 Å². The lowest BCUT2D eigenvalue weighted by Gasteiger charge is -2.40. The van der Waals surface area contributed by atoms with Crippen molar-refractivity contribution >= 4 is 34.7 Å². The van der Waals surface area contributed by atoms with Gasteiger partial charge in [0.25, 0.3) is 0 Å². The third-order valence-corrected chi connectivity index (χ3v) is 14.8. The Kier molecular flexibility index (Phi) is 9.47. The van der Waals surface area contributed by atoms with Crippen LogP contribution in [0.5, 0.6) is 0 Å². The van der Waals surface area contributed by atoms with Gasteiger partial charge in [-0.05, 0) is 114 Å². The van der Waals surface area contributed by atoms with Gasteiger partial charge in [-0.1, -0.05) is 137 Å². The number of aromatic nitrogens is 2. The molecule has 0 radical (unpaired) electrons. The van der Waals surface area contributed by atoms with E-state index in [-0.39, 0.29) is 34.9 Å². The Morgan fingerprint density at radius 2 is 1.06 bits per heavy atom. The molecule has 4 aliphatic rings. The monoisotopic (exact) mass is 920 g/mol. The first-order chi connectivity index (χ1) is 30.2. The first-order valence-corrected chi connectivity index (χ1v) is 22.9. The number of allylic oxidation sites excluding steroid dienone is 1. The van der Waals surface area contributed by atoms with E-state index in [0.29, 0.717) is 0 Å². The van der Waals surface area contributed by atoms with Crippen molar-refractivity contribution in [1.82, 2.24) is 13.5 Å². The molecule has 0 bridgehead atoms. The van der Waals surface area contributed by atoms with E-state index in [4.69, 9.17) is 4.74 Å². The van der Waals surface area contributed by atoms with Gasteiger partial charge in [-0.25, -0.2) is 9.97 Å². The van der Waals surface area contributed by atoms with Crippen molar-refractivity contribution in [3.63, 3.8) is 0 Å². The van der Waals surface area contributed by atoms with Gasteiger partial charge in [0.2, 0.25) is 0 Å². The van der Waals surface area contributed by atoms with Crippen molar-refractivity contribution in [3.05, 3.63) is 219 Å². The molecule has 7 aromatic rings. The Labute approximate surface area is 379 Å². The lowest BCUT2D eigenvalue weighted by Crippen LogP contribution is -2.30. The summed E-state index contributed by atoms with van der Waals surface area (Å²) in [5.74, 6) is 0.361. The van der Waals surface area contributed by atoms with Crippen LogP contribution in [-0.2, 0) is 28.4 Å². The topological polar surface area (TPSA) is 62.7 Å². The van der Waals surface area contributed by atoms with Crippen LogP contribution in [0, 0.1) is 0 Å². The van der Waals surface area contributed by atoms with Crippen molar-refractivity contribution in [2.24, 2.45) is 4.99 Å². The predicted molar refractivity (Wildman–Crippen MR) is 260 cm³/mol. The standard InChI is InChI=1S/C56H49IN4O/c1-55(2)49-18-10-6-14-37(49)43(38-15-7-11-19-50(38)55)22-33-24-45-46-25-34(23-44-39-16-8-12-20-51(39)56(3,4)52-21-13-9-17-40(44)52)42(36-29-59-32-60-30-36)27-48(46)54-53(62-54)47(45)26-41(33)35(28-58-5)31-61-57/h6-21,24-32,43-44,53-54,61H,22-23H2,1-5H3/b35-31+,58-28?. The van der Waals surface area contributed by atoms with Gasteiger partial charge in [0, 0.05) is 65.7 Å². The molecule has 2 unspecified atom stereocenters. The molecular formula is C56H49IN4O. The van der Waals surface area contributed by atoms with Crippen molar-refractivity contribution < 1.29 is 4.74 Å². The number of fused-ring (bicyclic) bond motifs is 10. The Morgan fingerprint density at radius 3 is 1.55 bits per heavy atom. The number of ether oxygens (including phenoxy) is 1. The summed E-state index contributed by atoms with van der Waals surface area (Å²) in [7, 11) is 1.85. The highest BCUT2D eigenvalue weighted by atomic mass is 127.